The van der Waals surface area contributed by atoms with E-state index in [4.69, 9.17) is 5.11 Å². The highest BCUT2D eigenvalue weighted by atomic mass is 16.3. The van der Waals surface area contributed by atoms with E-state index in [1.165, 1.54) is 0 Å². The molecular weight excluding hydrogens is 170 g/mol. The molecule has 0 fully saturated rings. The number of nitrogens with zero attached hydrogens (tertiary/aromatic N) is 5. The van der Waals surface area contributed by atoms with Crippen LogP contribution in [0.2, 0.25) is 0 Å². The fourth-order valence-corrected chi connectivity index (χ4v) is 1.20. The van der Waals surface area contributed by atoms with Crippen molar-refractivity contribution in [3.8, 4) is 0 Å². The predicted molar refractivity (Wildman–Crippen MR) is 48.4 cm³/mol. The van der Waals surface area contributed by atoms with E-state index in [0.29, 0.717) is 12.5 Å². The second kappa shape index (κ2) is 4.76. The van der Waals surface area contributed by atoms with Crippen LogP contribution < -0.4 is 4.90 Å². The summed E-state index contributed by atoms with van der Waals surface area (Å²) in [4.78, 5) is 1.96. The molecule has 0 atom stereocenters. The lowest BCUT2D eigenvalue weighted by Crippen LogP contribution is -2.30. The highest BCUT2D eigenvalue weighted by molar-refractivity contribution is 5.26. The molecule has 0 amide bonds. The average molecular weight is 185 g/mol. The van der Waals surface area contributed by atoms with E-state index in [1.807, 2.05) is 4.90 Å². The summed E-state index contributed by atoms with van der Waals surface area (Å²) < 4.78 is 1.60. The average Bonchev–Trinajstić information content (AvgIpc) is 2.51. The smallest absolute Gasteiger partial charge is 0.245 e. The van der Waals surface area contributed by atoms with Crippen LogP contribution in [0.3, 0.4) is 0 Å². The largest absolute Gasteiger partial charge is 0.395 e. The van der Waals surface area contributed by atoms with Crippen LogP contribution in [0.5, 0.6) is 0 Å². The van der Waals surface area contributed by atoms with Gasteiger partial charge in [0.2, 0.25) is 5.95 Å². The van der Waals surface area contributed by atoms with E-state index >= 15 is 0 Å². The number of aliphatic hydroxyl groups excluding tert-OH is 1. The van der Waals surface area contributed by atoms with Gasteiger partial charge in [0.1, 0.15) is 0 Å². The zero-order chi connectivity index (χ0) is 9.68. The lowest BCUT2D eigenvalue weighted by molar-refractivity contribution is 0.300. The van der Waals surface area contributed by atoms with Crippen molar-refractivity contribution in [2.75, 3.05) is 24.6 Å². The Labute approximate surface area is 77.2 Å². The standard InChI is InChI=1S/C7H15N5O/c1-3-4-12(5-6-13)7-8-9-10-11(7)2/h13H,3-6H2,1-2H3. The Morgan fingerprint density at radius 2 is 2.23 bits per heavy atom. The summed E-state index contributed by atoms with van der Waals surface area (Å²) in [5.41, 5.74) is 0. The van der Waals surface area contributed by atoms with E-state index in [1.54, 1.807) is 11.7 Å². The molecule has 1 heterocycles. The normalized spacial score (nSPS) is 10.4. The first-order valence-corrected chi connectivity index (χ1v) is 4.37. The lowest BCUT2D eigenvalue weighted by Gasteiger charge is -2.19. The molecule has 1 N–H and O–H groups in total. The minimum Gasteiger partial charge on any atom is -0.395 e. The second-order valence-electron chi connectivity index (χ2n) is 2.81. The van der Waals surface area contributed by atoms with Gasteiger partial charge in [-0.1, -0.05) is 12.0 Å². The summed E-state index contributed by atoms with van der Waals surface area (Å²) in [6.45, 7) is 3.62. The Bertz CT molecular complexity index is 243. The maximum absolute atomic E-state index is 8.83. The van der Waals surface area contributed by atoms with Crippen molar-refractivity contribution in [1.82, 2.24) is 20.2 Å². The molecule has 0 saturated carbocycles. The van der Waals surface area contributed by atoms with Gasteiger partial charge in [0, 0.05) is 20.1 Å². The summed E-state index contributed by atoms with van der Waals surface area (Å²) >= 11 is 0. The van der Waals surface area contributed by atoms with Crippen molar-refractivity contribution in [1.29, 1.82) is 0 Å². The summed E-state index contributed by atoms with van der Waals surface area (Å²) in [7, 11) is 1.79. The number of aryl methyl sites for hydroxylation is 1. The first-order chi connectivity index (χ1) is 6.29. The van der Waals surface area contributed by atoms with Gasteiger partial charge in [-0.15, -0.1) is 0 Å². The first kappa shape index (κ1) is 9.91. The van der Waals surface area contributed by atoms with Crippen molar-refractivity contribution >= 4 is 5.95 Å². The van der Waals surface area contributed by atoms with Gasteiger partial charge < -0.3 is 10.0 Å². The monoisotopic (exact) mass is 185 g/mol. The fourth-order valence-electron chi connectivity index (χ4n) is 1.20. The van der Waals surface area contributed by atoms with E-state index < -0.39 is 0 Å². The fraction of sp³-hybridized carbons (Fsp3) is 0.857. The molecule has 0 spiro atoms. The third-order valence-electron chi connectivity index (χ3n) is 1.74. The van der Waals surface area contributed by atoms with Crippen LogP contribution in [0.1, 0.15) is 13.3 Å². The van der Waals surface area contributed by atoms with Gasteiger partial charge >= 0.3 is 0 Å². The first-order valence-electron chi connectivity index (χ1n) is 4.37. The number of aromatic nitrogens is 4. The van der Waals surface area contributed by atoms with Gasteiger partial charge in [0.25, 0.3) is 0 Å². The van der Waals surface area contributed by atoms with Crippen LogP contribution in [0.4, 0.5) is 5.95 Å². The number of anilines is 1. The molecule has 0 unspecified atom stereocenters. The van der Waals surface area contributed by atoms with Gasteiger partial charge in [-0.25, -0.2) is 4.68 Å². The summed E-state index contributed by atoms with van der Waals surface area (Å²) in [5, 5.41) is 20.0. The number of hydrogen-bond acceptors (Lipinski definition) is 5. The van der Waals surface area contributed by atoms with E-state index in [0.717, 1.165) is 13.0 Å². The quantitative estimate of drug-likeness (QED) is 0.664. The van der Waals surface area contributed by atoms with Crippen molar-refractivity contribution in [3.05, 3.63) is 0 Å². The van der Waals surface area contributed by atoms with Crippen LogP contribution >= 0.6 is 0 Å². The third kappa shape index (κ3) is 2.38. The molecule has 0 aliphatic rings. The van der Waals surface area contributed by atoms with Gasteiger partial charge in [-0.2, -0.15) is 0 Å². The topological polar surface area (TPSA) is 67.1 Å². The van der Waals surface area contributed by atoms with Crippen LogP contribution in [0.25, 0.3) is 0 Å². The Morgan fingerprint density at radius 1 is 1.46 bits per heavy atom. The zero-order valence-electron chi connectivity index (χ0n) is 8.01. The molecule has 0 aromatic carbocycles. The maximum atomic E-state index is 8.83. The van der Waals surface area contributed by atoms with Crippen molar-refractivity contribution < 1.29 is 5.11 Å². The van der Waals surface area contributed by atoms with Crippen LogP contribution in [-0.4, -0.2) is 45.0 Å². The van der Waals surface area contributed by atoms with Crippen molar-refractivity contribution in [2.24, 2.45) is 7.05 Å². The predicted octanol–water partition coefficient (Wildman–Crippen LogP) is -0.581. The Morgan fingerprint density at radius 3 is 2.69 bits per heavy atom. The SMILES string of the molecule is CCCN(CCO)c1nnnn1C. The van der Waals surface area contributed by atoms with Gasteiger partial charge in [-0.3, -0.25) is 0 Å². The molecule has 74 valence electrons. The molecule has 0 radical (unpaired) electrons. The molecule has 6 nitrogen and oxygen atoms in total. The molecule has 13 heavy (non-hydrogen) atoms. The third-order valence-corrected chi connectivity index (χ3v) is 1.74. The summed E-state index contributed by atoms with van der Waals surface area (Å²) in [6.07, 6.45) is 1.01. The van der Waals surface area contributed by atoms with E-state index in [9.17, 15) is 0 Å². The van der Waals surface area contributed by atoms with Crippen molar-refractivity contribution in [3.63, 3.8) is 0 Å². The van der Waals surface area contributed by atoms with Crippen LogP contribution in [-0.2, 0) is 7.05 Å². The minimum absolute atomic E-state index is 0.118. The van der Waals surface area contributed by atoms with E-state index in [2.05, 4.69) is 22.4 Å². The van der Waals surface area contributed by atoms with Gasteiger partial charge in [-0.05, 0) is 16.8 Å². The molecular formula is C7H15N5O. The number of aliphatic hydroxyl groups is 1. The second-order valence-corrected chi connectivity index (χ2v) is 2.81. The molecule has 0 saturated heterocycles. The maximum Gasteiger partial charge on any atom is 0.245 e. The number of hydrogen-bond donors (Lipinski definition) is 1. The lowest BCUT2D eigenvalue weighted by atomic mass is 10.4. The zero-order valence-corrected chi connectivity index (χ0v) is 8.01. The number of tetrazole rings is 1. The molecule has 0 bridgehead atoms. The molecule has 0 aliphatic heterocycles. The van der Waals surface area contributed by atoms with Crippen LogP contribution in [0.15, 0.2) is 0 Å². The highest BCUT2D eigenvalue weighted by Crippen LogP contribution is 2.06. The Hall–Kier alpha value is -1.17. The molecule has 0 aliphatic carbocycles. The highest BCUT2D eigenvalue weighted by Gasteiger charge is 2.10. The summed E-state index contributed by atoms with van der Waals surface area (Å²) in [6, 6.07) is 0. The molecule has 1 rings (SSSR count). The summed E-state index contributed by atoms with van der Waals surface area (Å²) in [5.74, 6) is 0.705. The van der Waals surface area contributed by atoms with E-state index in [-0.39, 0.29) is 6.61 Å². The Balaban J connectivity index is 2.69. The Kier molecular flexibility index (Phi) is 3.63. The molecule has 1 aromatic rings. The minimum atomic E-state index is 0.118. The van der Waals surface area contributed by atoms with Gasteiger partial charge in [0.15, 0.2) is 0 Å². The van der Waals surface area contributed by atoms with Crippen molar-refractivity contribution in [2.45, 2.75) is 13.3 Å². The van der Waals surface area contributed by atoms with Crippen LogP contribution in [0, 0.1) is 0 Å². The molecule has 6 heteroatoms. The number of rotatable bonds is 5. The van der Waals surface area contributed by atoms with Gasteiger partial charge in [0.05, 0.1) is 6.61 Å². The molecule has 1 aromatic heterocycles.